The third kappa shape index (κ3) is 2.73. The summed E-state index contributed by atoms with van der Waals surface area (Å²) < 4.78 is 0. The van der Waals surface area contributed by atoms with E-state index in [1.807, 2.05) is 0 Å². The molecule has 0 bridgehead atoms. The Labute approximate surface area is 120 Å². The van der Waals surface area contributed by atoms with Crippen molar-refractivity contribution in [2.75, 3.05) is 0 Å². The van der Waals surface area contributed by atoms with Gasteiger partial charge in [-0.15, -0.1) is 0 Å². The summed E-state index contributed by atoms with van der Waals surface area (Å²) in [6.45, 7) is 12.0. The van der Waals surface area contributed by atoms with Gasteiger partial charge >= 0.3 is 0 Å². The van der Waals surface area contributed by atoms with E-state index in [1.54, 1.807) is 0 Å². The highest BCUT2D eigenvalue weighted by molar-refractivity contribution is 5.00. The van der Waals surface area contributed by atoms with Crippen LogP contribution in [0.5, 0.6) is 0 Å². The minimum Gasteiger partial charge on any atom is -0.328 e. The first-order valence-electron chi connectivity index (χ1n) is 8.66. The van der Waals surface area contributed by atoms with Gasteiger partial charge in [0.1, 0.15) is 0 Å². The van der Waals surface area contributed by atoms with Crippen molar-refractivity contribution in [2.24, 2.45) is 40.7 Å². The predicted octanol–water partition coefficient (Wildman–Crippen LogP) is 4.85. The zero-order chi connectivity index (χ0) is 14.2. The smallest absolute Gasteiger partial charge is 0.00413 e. The Balaban J connectivity index is 2.04. The molecule has 0 radical (unpaired) electrons. The van der Waals surface area contributed by atoms with E-state index in [2.05, 4.69) is 34.6 Å². The Hall–Kier alpha value is -0.0400. The monoisotopic (exact) mass is 265 g/mol. The normalized spacial score (nSPS) is 40.7. The fourth-order valence-electron chi connectivity index (χ4n) is 5.42. The van der Waals surface area contributed by atoms with Gasteiger partial charge in [-0.2, -0.15) is 0 Å². The van der Waals surface area contributed by atoms with Crippen molar-refractivity contribution in [2.45, 2.75) is 79.2 Å². The van der Waals surface area contributed by atoms with E-state index in [0.29, 0.717) is 17.4 Å². The molecule has 0 heterocycles. The molecule has 0 saturated heterocycles. The molecule has 112 valence electrons. The van der Waals surface area contributed by atoms with Crippen LogP contribution in [-0.4, -0.2) is 6.04 Å². The summed E-state index contributed by atoms with van der Waals surface area (Å²) >= 11 is 0. The maximum atomic E-state index is 6.22. The van der Waals surface area contributed by atoms with E-state index >= 15 is 0 Å². The van der Waals surface area contributed by atoms with Crippen LogP contribution in [0, 0.1) is 35.0 Å². The van der Waals surface area contributed by atoms with Crippen molar-refractivity contribution in [3.05, 3.63) is 0 Å². The minimum atomic E-state index is 0.346. The van der Waals surface area contributed by atoms with Crippen molar-refractivity contribution in [1.82, 2.24) is 0 Å². The SMILES string of the molecule is CCC(C(C)N)C(C)C(C)C1CCCC2(C)CCC12. The maximum Gasteiger partial charge on any atom is 0.00413 e. The van der Waals surface area contributed by atoms with Crippen LogP contribution >= 0.6 is 0 Å². The molecule has 2 N–H and O–H groups in total. The fourth-order valence-corrected chi connectivity index (χ4v) is 5.42. The van der Waals surface area contributed by atoms with Crippen LogP contribution in [-0.2, 0) is 0 Å². The Kier molecular flexibility index (Phi) is 4.65. The number of hydrogen-bond donors (Lipinski definition) is 1. The quantitative estimate of drug-likeness (QED) is 0.755. The van der Waals surface area contributed by atoms with Gasteiger partial charge in [-0.05, 0) is 67.6 Å². The molecule has 0 amide bonds. The first kappa shape index (κ1) is 15.4. The molecule has 0 aromatic heterocycles. The van der Waals surface area contributed by atoms with Crippen LogP contribution in [0.15, 0.2) is 0 Å². The lowest BCUT2D eigenvalue weighted by Crippen LogP contribution is -2.48. The van der Waals surface area contributed by atoms with Crippen molar-refractivity contribution >= 4 is 0 Å². The lowest BCUT2D eigenvalue weighted by molar-refractivity contribution is -0.0709. The molecule has 0 spiro atoms. The fraction of sp³-hybridized carbons (Fsp3) is 1.00. The second kappa shape index (κ2) is 5.76. The molecule has 19 heavy (non-hydrogen) atoms. The largest absolute Gasteiger partial charge is 0.328 e. The molecular formula is C18H35N. The van der Waals surface area contributed by atoms with Crippen molar-refractivity contribution < 1.29 is 0 Å². The molecule has 7 unspecified atom stereocenters. The number of hydrogen-bond acceptors (Lipinski definition) is 1. The Bertz CT molecular complexity index is 298. The number of nitrogens with two attached hydrogens (primary N) is 1. The summed E-state index contributed by atoms with van der Waals surface area (Å²) in [7, 11) is 0. The average Bonchev–Trinajstić information content (AvgIpc) is 2.34. The van der Waals surface area contributed by atoms with Gasteiger partial charge in [0, 0.05) is 6.04 Å². The zero-order valence-electron chi connectivity index (χ0n) is 13.8. The first-order valence-corrected chi connectivity index (χ1v) is 8.66. The highest BCUT2D eigenvalue weighted by Crippen LogP contribution is 2.60. The highest BCUT2D eigenvalue weighted by Gasteiger charge is 2.50. The highest BCUT2D eigenvalue weighted by atomic mass is 14.6. The summed E-state index contributed by atoms with van der Waals surface area (Å²) in [5, 5.41) is 0. The second-order valence-electron chi connectivity index (χ2n) is 8.00. The van der Waals surface area contributed by atoms with Crippen LogP contribution in [0.3, 0.4) is 0 Å². The molecular weight excluding hydrogens is 230 g/mol. The van der Waals surface area contributed by atoms with Gasteiger partial charge in [0.25, 0.3) is 0 Å². The number of rotatable bonds is 5. The molecule has 2 fully saturated rings. The third-order valence-electron chi connectivity index (χ3n) is 7.05. The topological polar surface area (TPSA) is 26.0 Å². The average molecular weight is 265 g/mol. The van der Waals surface area contributed by atoms with Crippen molar-refractivity contribution in [1.29, 1.82) is 0 Å². The van der Waals surface area contributed by atoms with Gasteiger partial charge in [0.15, 0.2) is 0 Å². The first-order chi connectivity index (χ1) is 8.90. The Morgan fingerprint density at radius 1 is 1.16 bits per heavy atom. The van der Waals surface area contributed by atoms with Crippen LogP contribution in [0.2, 0.25) is 0 Å². The molecule has 0 aromatic rings. The van der Waals surface area contributed by atoms with Gasteiger partial charge in [-0.3, -0.25) is 0 Å². The molecule has 1 nitrogen and oxygen atoms in total. The minimum absolute atomic E-state index is 0.346. The molecule has 2 saturated carbocycles. The maximum absolute atomic E-state index is 6.22. The van der Waals surface area contributed by atoms with Crippen LogP contribution in [0.25, 0.3) is 0 Å². The van der Waals surface area contributed by atoms with Gasteiger partial charge < -0.3 is 5.73 Å². The van der Waals surface area contributed by atoms with Gasteiger partial charge in [0.05, 0.1) is 0 Å². The summed E-state index contributed by atoms with van der Waals surface area (Å²) in [5.74, 6) is 4.31. The van der Waals surface area contributed by atoms with Crippen molar-refractivity contribution in [3.8, 4) is 0 Å². The summed E-state index contributed by atoms with van der Waals surface area (Å²) in [5.41, 5.74) is 6.92. The number of fused-ring (bicyclic) bond motifs is 1. The summed E-state index contributed by atoms with van der Waals surface area (Å²) in [6.07, 6.45) is 8.63. The van der Waals surface area contributed by atoms with Gasteiger partial charge in [0.2, 0.25) is 0 Å². The molecule has 2 aliphatic carbocycles. The van der Waals surface area contributed by atoms with E-state index in [0.717, 1.165) is 23.7 Å². The predicted molar refractivity (Wildman–Crippen MR) is 83.9 cm³/mol. The van der Waals surface area contributed by atoms with E-state index in [-0.39, 0.29) is 0 Å². The lowest BCUT2D eigenvalue weighted by Gasteiger charge is -2.57. The van der Waals surface area contributed by atoms with Crippen LogP contribution in [0.4, 0.5) is 0 Å². The third-order valence-corrected chi connectivity index (χ3v) is 7.05. The molecule has 0 aliphatic heterocycles. The lowest BCUT2D eigenvalue weighted by atomic mass is 9.48. The zero-order valence-corrected chi connectivity index (χ0v) is 13.8. The van der Waals surface area contributed by atoms with Crippen LogP contribution < -0.4 is 5.73 Å². The molecule has 7 atom stereocenters. The van der Waals surface area contributed by atoms with Gasteiger partial charge in [-0.25, -0.2) is 0 Å². The second-order valence-corrected chi connectivity index (χ2v) is 8.00. The van der Waals surface area contributed by atoms with E-state index in [1.165, 1.54) is 38.5 Å². The van der Waals surface area contributed by atoms with Crippen molar-refractivity contribution in [3.63, 3.8) is 0 Å². The van der Waals surface area contributed by atoms with E-state index < -0.39 is 0 Å². The summed E-state index contributed by atoms with van der Waals surface area (Å²) in [6, 6.07) is 0.346. The standard InChI is InChI=1S/C18H35N/c1-6-15(14(4)19)12(2)13(3)16-8-7-10-18(5)11-9-17(16)18/h12-17H,6-11,19H2,1-5H3. The van der Waals surface area contributed by atoms with Gasteiger partial charge in [-0.1, -0.05) is 40.5 Å². The van der Waals surface area contributed by atoms with E-state index in [9.17, 15) is 0 Å². The van der Waals surface area contributed by atoms with E-state index in [4.69, 9.17) is 5.73 Å². The molecule has 2 rings (SSSR count). The summed E-state index contributed by atoms with van der Waals surface area (Å²) in [4.78, 5) is 0. The Morgan fingerprint density at radius 2 is 1.84 bits per heavy atom. The molecule has 0 aromatic carbocycles. The molecule has 1 heteroatoms. The van der Waals surface area contributed by atoms with Crippen LogP contribution in [0.1, 0.15) is 73.1 Å². The molecule has 2 aliphatic rings. The Morgan fingerprint density at radius 3 is 2.32 bits per heavy atom.